The van der Waals surface area contributed by atoms with Crippen LogP contribution in [-0.2, 0) is 19.2 Å². The van der Waals surface area contributed by atoms with Crippen LogP contribution < -0.4 is 27.0 Å². The molecular formula is C19H26N6O6. The van der Waals surface area contributed by atoms with Gasteiger partial charge in [0, 0.05) is 24.3 Å². The van der Waals surface area contributed by atoms with Gasteiger partial charge in [0.05, 0.1) is 13.0 Å². The molecule has 12 heteroatoms. The average molecular weight is 434 g/mol. The van der Waals surface area contributed by atoms with Gasteiger partial charge in [-0.25, -0.2) is 9.59 Å². The maximum absolute atomic E-state index is 12.6. The summed E-state index contributed by atoms with van der Waals surface area (Å²) >= 11 is 0. The van der Waals surface area contributed by atoms with Crippen LogP contribution in [0.2, 0.25) is 0 Å². The molecule has 0 aromatic heterocycles. The van der Waals surface area contributed by atoms with Crippen LogP contribution in [0, 0.1) is 0 Å². The summed E-state index contributed by atoms with van der Waals surface area (Å²) in [5.41, 5.74) is 11.6. The third kappa shape index (κ3) is 7.17. The fourth-order valence-corrected chi connectivity index (χ4v) is 2.80. The minimum atomic E-state index is -1.08. The Morgan fingerprint density at radius 3 is 2.58 bits per heavy atom. The molecule has 1 saturated heterocycles. The van der Waals surface area contributed by atoms with Crippen molar-refractivity contribution in [3.63, 3.8) is 0 Å². The minimum Gasteiger partial charge on any atom is -0.466 e. The number of nitrogens with zero attached hydrogens (tertiary/aromatic N) is 2. The van der Waals surface area contributed by atoms with Gasteiger partial charge in [-0.15, -0.1) is 0 Å². The number of primary amides is 1. The predicted molar refractivity (Wildman–Crippen MR) is 111 cm³/mol. The summed E-state index contributed by atoms with van der Waals surface area (Å²) < 4.78 is 4.92. The molecule has 0 spiro atoms. The van der Waals surface area contributed by atoms with Gasteiger partial charge in [0.1, 0.15) is 6.04 Å². The monoisotopic (exact) mass is 434 g/mol. The maximum atomic E-state index is 12.6. The lowest BCUT2D eigenvalue weighted by atomic mass is 10.2. The molecule has 12 nitrogen and oxygen atoms in total. The molecule has 31 heavy (non-hydrogen) atoms. The second kappa shape index (κ2) is 11.4. The molecule has 0 aliphatic carbocycles. The summed E-state index contributed by atoms with van der Waals surface area (Å²) in [4.78, 5) is 52.4. The number of oxime groups is 1. The fourth-order valence-electron chi connectivity index (χ4n) is 2.80. The Hall–Kier alpha value is -3.83. The third-order valence-corrected chi connectivity index (χ3v) is 4.30. The summed E-state index contributed by atoms with van der Waals surface area (Å²) in [5.74, 6) is -0.697. The molecule has 1 atom stereocenters. The fraction of sp³-hybridized carbons (Fsp3) is 0.421. The Balaban J connectivity index is 1.84. The summed E-state index contributed by atoms with van der Waals surface area (Å²) in [6.45, 7) is 2.77. The Labute approximate surface area is 178 Å². The van der Waals surface area contributed by atoms with Crippen LogP contribution in [0.4, 0.5) is 15.3 Å². The largest absolute Gasteiger partial charge is 0.466 e. The number of anilines is 1. The molecule has 0 unspecified atom stereocenters. The zero-order chi connectivity index (χ0) is 22.8. The van der Waals surface area contributed by atoms with E-state index in [4.69, 9.17) is 16.2 Å². The summed E-state index contributed by atoms with van der Waals surface area (Å²) in [5, 5.41) is 8.53. The van der Waals surface area contributed by atoms with Gasteiger partial charge in [0.25, 0.3) is 0 Å². The van der Waals surface area contributed by atoms with Crippen LogP contribution in [0.25, 0.3) is 0 Å². The Bertz CT molecular complexity index is 841. The predicted octanol–water partition coefficient (Wildman–Crippen LogP) is 0.150. The van der Waals surface area contributed by atoms with E-state index in [1.165, 1.54) is 4.90 Å². The van der Waals surface area contributed by atoms with Crippen molar-refractivity contribution in [2.24, 2.45) is 16.6 Å². The number of esters is 1. The first-order valence-electron chi connectivity index (χ1n) is 9.73. The highest BCUT2D eigenvalue weighted by Crippen LogP contribution is 2.22. The normalized spacial score (nSPS) is 16.0. The highest BCUT2D eigenvalue weighted by atomic mass is 16.7. The lowest BCUT2D eigenvalue weighted by Crippen LogP contribution is -2.46. The Kier molecular flexibility index (Phi) is 8.61. The van der Waals surface area contributed by atoms with Gasteiger partial charge in [-0.05, 0) is 37.1 Å². The van der Waals surface area contributed by atoms with Crippen molar-refractivity contribution < 1.29 is 28.8 Å². The molecule has 0 radical (unpaired) electrons. The van der Waals surface area contributed by atoms with E-state index in [9.17, 15) is 19.2 Å². The van der Waals surface area contributed by atoms with Gasteiger partial charge in [-0.2, -0.15) is 0 Å². The number of rotatable bonds is 9. The summed E-state index contributed by atoms with van der Waals surface area (Å²) in [6.07, 6.45) is 0.137. The molecule has 1 aliphatic heterocycles. The SMILES string of the molecule is CCCOC(=O)CCNC(=O)N[C@H]1CCN(c2ccc(C(N)=NOC(N)=O)cc2)C1=O. The maximum Gasteiger partial charge on any atom is 0.430 e. The number of hydrogen-bond donors (Lipinski definition) is 4. The van der Waals surface area contributed by atoms with Crippen molar-refractivity contribution in [1.29, 1.82) is 0 Å². The van der Waals surface area contributed by atoms with Crippen LogP contribution in [0.1, 0.15) is 31.7 Å². The number of nitrogens with two attached hydrogens (primary N) is 2. The topological polar surface area (TPSA) is 178 Å². The van der Waals surface area contributed by atoms with E-state index in [0.29, 0.717) is 30.8 Å². The molecule has 1 aromatic rings. The zero-order valence-electron chi connectivity index (χ0n) is 17.1. The molecule has 1 aliphatic rings. The molecule has 4 amide bonds. The van der Waals surface area contributed by atoms with E-state index >= 15 is 0 Å². The number of benzene rings is 1. The minimum absolute atomic E-state index is 0.0483. The van der Waals surface area contributed by atoms with Gasteiger partial charge in [-0.3, -0.25) is 14.4 Å². The van der Waals surface area contributed by atoms with Gasteiger partial charge in [-0.1, -0.05) is 12.1 Å². The Morgan fingerprint density at radius 2 is 1.94 bits per heavy atom. The first-order chi connectivity index (χ1) is 14.8. The number of amides is 4. The number of amidine groups is 1. The van der Waals surface area contributed by atoms with Crippen molar-refractivity contribution in [3.05, 3.63) is 29.8 Å². The second-order valence-electron chi connectivity index (χ2n) is 6.64. The first kappa shape index (κ1) is 23.4. The standard InChI is InChI=1S/C19H26N6O6/c1-2-11-30-15(26)7-9-22-19(29)23-14-8-10-25(17(14)27)13-5-3-12(4-6-13)16(20)24-31-18(21)28/h3-6,14H,2,7-11H2,1H3,(H2,20,24)(H2,21,28)(H2,22,23,29)/t14-/m0/s1. The van der Waals surface area contributed by atoms with Crippen LogP contribution in [0.15, 0.2) is 29.4 Å². The number of nitrogens with one attached hydrogen (secondary N) is 2. The van der Waals surface area contributed by atoms with Crippen LogP contribution in [0.5, 0.6) is 0 Å². The van der Waals surface area contributed by atoms with Crippen molar-refractivity contribution in [2.75, 3.05) is 24.6 Å². The smallest absolute Gasteiger partial charge is 0.430 e. The quantitative estimate of drug-likeness (QED) is 0.140. The number of ether oxygens (including phenoxy) is 1. The molecular weight excluding hydrogens is 408 g/mol. The van der Waals surface area contributed by atoms with Gasteiger partial charge in [0.15, 0.2) is 5.84 Å². The number of hydrogen-bond acceptors (Lipinski definition) is 7. The first-order valence-corrected chi connectivity index (χ1v) is 9.73. The molecule has 0 bridgehead atoms. The molecule has 1 heterocycles. The number of carbonyl (C=O) groups is 4. The molecule has 6 N–H and O–H groups in total. The zero-order valence-corrected chi connectivity index (χ0v) is 17.1. The highest BCUT2D eigenvalue weighted by Gasteiger charge is 2.33. The highest BCUT2D eigenvalue weighted by molar-refractivity contribution is 6.02. The van der Waals surface area contributed by atoms with Gasteiger partial charge >= 0.3 is 18.1 Å². The molecule has 1 aromatic carbocycles. The van der Waals surface area contributed by atoms with Crippen LogP contribution >= 0.6 is 0 Å². The Morgan fingerprint density at radius 1 is 1.23 bits per heavy atom. The average Bonchev–Trinajstić information content (AvgIpc) is 3.10. The van der Waals surface area contributed by atoms with E-state index in [-0.39, 0.29) is 30.7 Å². The number of urea groups is 1. The van der Waals surface area contributed by atoms with Crippen molar-refractivity contribution >= 4 is 35.5 Å². The second-order valence-corrected chi connectivity index (χ2v) is 6.64. The van der Waals surface area contributed by atoms with E-state index in [0.717, 1.165) is 6.42 Å². The van der Waals surface area contributed by atoms with Crippen molar-refractivity contribution in [2.45, 2.75) is 32.2 Å². The number of carbonyl (C=O) groups excluding carboxylic acids is 4. The van der Waals surface area contributed by atoms with E-state index in [2.05, 4.69) is 20.6 Å². The van der Waals surface area contributed by atoms with Gasteiger partial charge in [0.2, 0.25) is 5.91 Å². The van der Waals surface area contributed by atoms with Crippen molar-refractivity contribution in [1.82, 2.24) is 10.6 Å². The van der Waals surface area contributed by atoms with Crippen molar-refractivity contribution in [3.8, 4) is 0 Å². The summed E-state index contributed by atoms with van der Waals surface area (Å²) in [7, 11) is 0. The van der Waals surface area contributed by atoms with E-state index < -0.39 is 18.2 Å². The third-order valence-electron chi connectivity index (χ3n) is 4.30. The van der Waals surface area contributed by atoms with Gasteiger partial charge < -0.3 is 31.7 Å². The molecule has 1 fully saturated rings. The molecule has 2 rings (SSSR count). The molecule has 0 saturated carbocycles. The van der Waals surface area contributed by atoms with E-state index in [1.54, 1.807) is 24.3 Å². The molecule has 168 valence electrons. The lowest BCUT2D eigenvalue weighted by molar-refractivity contribution is -0.143. The van der Waals surface area contributed by atoms with Crippen LogP contribution in [0.3, 0.4) is 0 Å². The summed E-state index contributed by atoms with van der Waals surface area (Å²) in [6, 6.07) is 5.32. The van der Waals surface area contributed by atoms with E-state index in [1.807, 2.05) is 6.92 Å². The lowest BCUT2D eigenvalue weighted by Gasteiger charge is -2.18. The van der Waals surface area contributed by atoms with Crippen LogP contribution in [-0.4, -0.2) is 55.6 Å².